The summed E-state index contributed by atoms with van der Waals surface area (Å²) in [7, 11) is 0. The van der Waals surface area contributed by atoms with Gasteiger partial charge in [-0.05, 0) is 36.1 Å². The molecule has 0 atom stereocenters. The molecular formula is C21H23N3O3. The van der Waals surface area contributed by atoms with Crippen molar-refractivity contribution in [1.29, 1.82) is 0 Å². The van der Waals surface area contributed by atoms with Crippen molar-refractivity contribution in [3.8, 4) is 5.75 Å². The number of benzene rings is 2. The summed E-state index contributed by atoms with van der Waals surface area (Å²) in [5.74, 6) is 0.0322. The Labute approximate surface area is 157 Å². The van der Waals surface area contributed by atoms with E-state index in [4.69, 9.17) is 4.74 Å². The molecular weight excluding hydrogens is 342 g/mol. The zero-order chi connectivity index (χ0) is 19.1. The fourth-order valence-electron chi connectivity index (χ4n) is 2.90. The Bertz CT molecular complexity index is 933. The Morgan fingerprint density at radius 3 is 2.56 bits per heavy atom. The van der Waals surface area contributed by atoms with E-state index in [1.54, 1.807) is 0 Å². The summed E-state index contributed by atoms with van der Waals surface area (Å²) in [5.41, 5.74) is 7.97. The molecule has 0 aliphatic heterocycles. The van der Waals surface area contributed by atoms with Gasteiger partial charge in [-0.2, -0.15) is 0 Å². The number of rotatable bonds is 7. The summed E-state index contributed by atoms with van der Waals surface area (Å²) in [5, 5.41) is 1.11. The minimum absolute atomic E-state index is 0.153. The molecule has 140 valence electrons. The van der Waals surface area contributed by atoms with Gasteiger partial charge in [0.15, 0.2) is 6.61 Å². The first-order valence-electron chi connectivity index (χ1n) is 9.00. The molecule has 0 aliphatic carbocycles. The van der Waals surface area contributed by atoms with E-state index in [0.29, 0.717) is 12.2 Å². The van der Waals surface area contributed by atoms with Crippen molar-refractivity contribution in [3.63, 3.8) is 0 Å². The number of ether oxygens (including phenoxy) is 1. The Hall–Kier alpha value is -3.28. The standard InChI is InChI=1S/C21H23N3O3/c1-2-15-7-3-6-10-19(15)27-14-21(26)24-23-20(25)12-11-16-13-22-18-9-5-4-8-17(16)18/h3-10,13,22H,2,11-12,14H2,1H3,(H,23,25)(H,24,26). The zero-order valence-electron chi connectivity index (χ0n) is 15.2. The van der Waals surface area contributed by atoms with Gasteiger partial charge in [-0.25, -0.2) is 0 Å². The number of hydrogen-bond acceptors (Lipinski definition) is 3. The van der Waals surface area contributed by atoms with E-state index in [1.807, 2.05) is 61.7 Å². The fourth-order valence-corrected chi connectivity index (χ4v) is 2.90. The topological polar surface area (TPSA) is 83.2 Å². The van der Waals surface area contributed by atoms with Crippen LogP contribution in [0.2, 0.25) is 0 Å². The lowest BCUT2D eigenvalue weighted by Gasteiger charge is -2.11. The number of hydrogen-bond donors (Lipinski definition) is 3. The highest BCUT2D eigenvalue weighted by Gasteiger charge is 2.09. The molecule has 0 spiro atoms. The van der Waals surface area contributed by atoms with E-state index in [1.165, 1.54) is 0 Å². The maximum absolute atomic E-state index is 12.0. The minimum atomic E-state index is -0.402. The number of carbonyl (C=O) groups excluding carboxylic acids is 2. The lowest BCUT2D eigenvalue weighted by Crippen LogP contribution is -2.43. The first-order valence-corrected chi connectivity index (χ1v) is 9.00. The predicted molar refractivity (Wildman–Crippen MR) is 104 cm³/mol. The van der Waals surface area contributed by atoms with Gasteiger partial charge < -0.3 is 9.72 Å². The van der Waals surface area contributed by atoms with Crippen molar-refractivity contribution < 1.29 is 14.3 Å². The summed E-state index contributed by atoms with van der Waals surface area (Å²) < 4.78 is 5.52. The molecule has 2 aromatic carbocycles. The second-order valence-electron chi connectivity index (χ2n) is 6.21. The first kappa shape index (κ1) is 18.5. The normalized spacial score (nSPS) is 10.6. The SMILES string of the molecule is CCc1ccccc1OCC(=O)NNC(=O)CCc1c[nH]c2ccccc12. The number of fused-ring (bicyclic) bond motifs is 1. The molecule has 0 saturated heterocycles. The van der Waals surface area contributed by atoms with Gasteiger partial charge in [-0.1, -0.05) is 43.3 Å². The zero-order valence-corrected chi connectivity index (χ0v) is 15.2. The van der Waals surface area contributed by atoms with Crippen LogP contribution in [0.5, 0.6) is 5.75 Å². The number of hydrazine groups is 1. The van der Waals surface area contributed by atoms with Gasteiger partial charge in [-0.15, -0.1) is 0 Å². The molecule has 1 aromatic heterocycles. The number of nitrogens with one attached hydrogen (secondary N) is 3. The Balaban J connectivity index is 1.41. The van der Waals surface area contributed by atoms with Crippen LogP contribution in [0, 0.1) is 0 Å². The molecule has 6 heteroatoms. The molecule has 0 aliphatic rings. The van der Waals surface area contributed by atoms with Crippen LogP contribution in [0.4, 0.5) is 0 Å². The summed E-state index contributed by atoms with van der Waals surface area (Å²) in [4.78, 5) is 27.0. The monoisotopic (exact) mass is 365 g/mol. The molecule has 3 N–H and O–H groups in total. The molecule has 1 heterocycles. The summed E-state index contributed by atoms with van der Waals surface area (Å²) in [6, 6.07) is 15.5. The lowest BCUT2D eigenvalue weighted by atomic mass is 10.1. The molecule has 0 bridgehead atoms. The molecule has 6 nitrogen and oxygen atoms in total. The molecule has 0 radical (unpaired) electrons. The third-order valence-electron chi connectivity index (χ3n) is 4.35. The number of aryl methyl sites for hydroxylation is 2. The summed E-state index contributed by atoms with van der Waals surface area (Å²) >= 11 is 0. The van der Waals surface area contributed by atoms with Crippen molar-refractivity contribution in [2.24, 2.45) is 0 Å². The largest absolute Gasteiger partial charge is 0.483 e. The first-order chi connectivity index (χ1) is 13.2. The van der Waals surface area contributed by atoms with Gasteiger partial charge >= 0.3 is 0 Å². The van der Waals surface area contributed by atoms with Crippen LogP contribution in [0.25, 0.3) is 10.9 Å². The van der Waals surface area contributed by atoms with Gasteiger partial charge in [0.2, 0.25) is 5.91 Å². The van der Waals surface area contributed by atoms with Crippen molar-refractivity contribution in [2.75, 3.05) is 6.61 Å². The quantitative estimate of drug-likeness (QED) is 0.563. The van der Waals surface area contributed by atoms with E-state index < -0.39 is 5.91 Å². The van der Waals surface area contributed by atoms with Crippen molar-refractivity contribution in [3.05, 3.63) is 65.9 Å². The highest BCUT2D eigenvalue weighted by atomic mass is 16.5. The average Bonchev–Trinajstić information content (AvgIpc) is 3.12. The van der Waals surface area contributed by atoms with E-state index in [0.717, 1.165) is 28.5 Å². The maximum Gasteiger partial charge on any atom is 0.276 e. The number of H-pyrrole nitrogens is 1. The maximum atomic E-state index is 12.0. The number of amides is 2. The third-order valence-corrected chi connectivity index (χ3v) is 4.35. The van der Waals surface area contributed by atoms with Crippen molar-refractivity contribution >= 4 is 22.7 Å². The minimum Gasteiger partial charge on any atom is -0.483 e. The lowest BCUT2D eigenvalue weighted by molar-refractivity contribution is -0.130. The van der Waals surface area contributed by atoms with Gasteiger partial charge in [0.25, 0.3) is 5.91 Å². The van der Waals surface area contributed by atoms with Gasteiger partial charge in [0.1, 0.15) is 5.75 Å². The smallest absolute Gasteiger partial charge is 0.276 e. The molecule has 27 heavy (non-hydrogen) atoms. The van der Waals surface area contributed by atoms with E-state index in [2.05, 4.69) is 15.8 Å². The predicted octanol–water partition coefficient (Wildman–Crippen LogP) is 2.89. The Kier molecular flexibility index (Phi) is 6.10. The van der Waals surface area contributed by atoms with Crippen LogP contribution in [0.15, 0.2) is 54.7 Å². The van der Waals surface area contributed by atoms with E-state index in [9.17, 15) is 9.59 Å². The number of carbonyl (C=O) groups is 2. The highest BCUT2D eigenvalue weighted by molar-refractivity contribution is 5.85. The molecule has 2 amide bonds. The highest BCUT2D eigenvalue weighted by Crippen LogP contribution is 2.19. The summed E-state index contributed by atoms with van der Waals surface area (Å²) in [6.07, 6.45) is 3.60. The Morgan fingerprint density at radius 1 is 0.963 bits per heavy atom. The number of para-hydroxylation sites is 2. The number of aromatic amines is 1. The van der Waals surface area contributed by atoms with Crippen LogP contribution < -0.4 is 15.6 Å². The molecule has 0 unspecified atom stereocenters. The van der Waals surface area contributed by atoms with Crippen LogP contribution in [-0.2, 0) is 22.4 Å². The van der Waals surface area contributed by atoms with Crippen LogP contribution in [0.1, 0.15) is 24.5 Å². The second-order valence-corrected chi connectivity index (χ2v) is 6.21. The average molecular weight is 365 g/mol. The fraction of sp³-hybridized carbons (Fsp3) is 0.238. The van der Waals surface area contributed by atoms with Gasteiger partial charge in [0, 0.05) is 23.5 Å². The van der Waals surface area contributed by atoms with Crippen molar-refractivity contribution in [1.82, 2.24) is 15.8 Å². The Morgan fingerprint density at radius 2 is 1.70 bits per heavy atom. The third kappa shape index (κ3) is 4.88. The molecule has 0 fully saturated rings. The van der Waals surface area contributed by atoms with Crippen molar-refractivity contribution in [2.45, 2.75) is 26.2 Å². The van der Waals surface area contributed by atoms with E-state index in [-0.39, 0.29) is 18.9 Å². The van der Waals surface area contributed by atoms with Gasteiger partial charge in [0.05, 0.1) is 0 Å². The summed E-state index contributed by atoms with van der Waals surface area (Å²) in [6.45, 7) is 1.87. The van der Waals surface area contributed by atoms with Crippen LogP contribution in [-0.4, -0.2) is 23.4 Å². The van der Waals surface area contributed by atoms with Crippen LogP contribution >= 0.6 is 0 Å². The second kappa shape index (κ2) is 8.89. The van der Waals surface area contributed by atoms with Crippen LogP contribution in [0.3, 0.4) is 0 Å². The van der Waals surface area contributed by atoms with E-state index >= 15 is 0 Å². The molecule has 0 saturated carbocycles. The van der Waals surface area contributed by atoms with Gasteiger partial charge in [-0.3, -0.25) is 20.4 Å². The number of aromatic nitrogens is 1. The molecule has 3 rings (SSSR count). The molecule has 3 aromatic rings.